The molecule has 12 nitrogen and oxygen atoms in total. The van der Waals surface area contributed by atoms with Crippen LogP contribution in [0.15, 0.2) is 187 Å². The van der Waals surface area contributed by atoms with Gasteiger partial charge in [-0.2, -0.15) is 0 Å². The summed E-state index contributed by atoms with van der Waals surface area (Å²) < 4.78 is 56.5. The van der Waals surface area contributed by atoms with E-state index in [1.54, 1.807) is 73.7 Å². The van der Waals surface area contributed by atoms with Crippen molar-refractivity contribution < 1.29 is 56.1 Å². The second-order valence-corrected chi connectivity index (χ2v) is 18.3. The van der Waals surface area contributed by atoms with E-state index in [0.717, 1.165) is 6.07 Å². The second kappa shape index (κ2) is 26.3. The van der Waals surface area contributed by atoms with Crippen molar-refractivity contribution in [2.75, 3.05) is 0 Å². The van der Waals surface area contributed by atoms with Crippen molar-refractivity contribution >= 4 is 81.5 Å². The lowest BCUT2D eigenvalue weighted by molar-refractivity contribution is -0.114. The Bertz CT molecular complexity index is 3360. The molecule has 0 saturated heterocycles. The van der Waals surface area contributed by atoms with Crippen molar-refractivity contribution in [1.82, 2.24) is 16.0 Å². The number of aryl methyl sites for hydroxylation is 1. The van der Waals surface area contributed by atoms with Gasteiger partial charge in [0.15, 0.2) is 17.3 Å². The van der Waals surface area contributed by atoms with Crippen LogP contribution in [0.3, 0.4) is 0 Å². The maximum atomic E-state index is 13.3. The van der Waals surface area contributed by atoms with Gasteiger partial charge in [-0.3, -0.25) is 28.8 Å². The van der Waals surface area contributed by atoms with Crippen molar-refractivity contribution in [3.63, 3.8) is 0 Å². The van der Waals surface area contributed by atoms with Crippen LogP contribution in [0.5, 0.6) is 34.5 Å². The van der Waals surface area contributed by atoms with Crippen LogP contribution in [-0.2, 0) is 14.4 Å². The number of halogens is 7. The van der Waals surface area contributed by atoms with E-state index in [2.05, 4.69) is 16.0 Å². The topological polar surface area (TPSA) is 166 Å². The molecule has 0 heterocycles. The minimum absolute atomic E-state index is 0.0647. The van der Waals surface area contributed by atoms with Gasteiger partial charge in [0.05, 0.1) is 21.7 Å². The highest BCUT2D eigenvalue weighted by Gasteiger charge is 2.20. The predicted octanol–water partition coefficient (Wildman–Crippen LogP) is 14.2. The summed E-state index contributed by atoms with van der Waals surface area (Å²) in [6.45, 7) is 1.71. The van der Waals surface area contributed by atoms with Gasteiger partial charge in [-0.1, -0.05) is 64.6 Å². The van der Waals surface area contributed by atoms with E-state index in [-0.39, 0.29) is 73.7 Å². The number of hydrogen-bond donors (Lipinski definition) is 3. The summed E-state index contributed by atoms with van der Waals surface area (Å²) in [5, 5.41) is 9.05. The fraction of sp³-hybridized carbons (Fsp3) is 0.0690. The van der Waals surface area contributed by atoms with Gasteiger partial charge in [0.1, 0.15) is 51.9 Å². The molecule has 0 radical (unpaired) electrons. The van der Waals surface area contributed by atoms with Crippen LogP contribution in [0, 0.1) is 24.4 Å². The third-order valence-corrected chi connectivity index (χ3v) is 11.6. The number of rotatable bonds is 12. The van der Waals surface area contributed by atoms with Crippen LogP contribution >= 0.6 is 46.4 Å². The van der Waals surface area contributed by atoms with E-state index in [0.29, 0.717) is 68.5 Å². The summed E-state index contributed by atoms with van der Waals surface area (Å²) in [5.74, 6) is -1.27. The number of ether oxygens (including phenoxy) is 3. The maximum absolute atomic E-state index is 13.3. The lowest BCUT2D eigenvalue weighted by Gasteiger charge is -2.14. The van der Waals surface area contributed by atoms with Gasteiger partial charge >= 0.3 is 0 Å². The molecule has 6 aromatic rings. The van der Waals surface area contributed by atoms with Crippen LogP contribution < -0.4 is 30.2 Å². The summed E-state index contributed by atoms with van der Waals surface area (Å²) >= 11 is 24.0. The summed E-state index contributed by atoms with van der Waals surface area (Å²) in [6, 6.07) is 26.9. The van der Waals surface area contributed by atoms with Crippen LogP contribution in [-0.4, -0.2) is 35.1 Å². The number of hydrogen-bond acceptors (Lipinski definition) is 9. The fourth-order valence-corrected chi connectivity index (χ4v) is 7.76. The van der Waals surface area contributed by atoms with Crippen molar-refractivity contribution in [1.29, 1.82) is 0 Å². The normalized spacial score (nSPS) is 13.4. The number of amides is 3. The van der Waals surface area contributed by atoms with E-state index in [4.69, 9.17) is 60.6 Å². The van der Waals surface area contributed by atoms with E-state index in [9.17, 15) is 41.9 Å². The largest absolute Gasteiger partial charge is 0.457 e. The Hall–Kier alpha value is -8.47. The Morgan fingerprint density at radius 1 is 0.429 bits per heavy atom. The second-order valence-electron chi connectivity index (χ2n) is 16.5. The lowest BCUT2D eigenvalue weighted by Crippen LogP contribution is -2.24. The van der Waals surface area contributed by atoms with Crippen LogP contribution in [0.2, 0.25) is 20.1 Å². The molecule has 0 bridgehead atoms. The lowest BCUT2D eigenvalue weighted by atomic mass is 10.1. The Morgan fingerprint density at radius 3 is 1.17 bits per heavy atom. The molecular formula is C58H40Cl4F3N3O9. The van der Waals surface area contributed by atoms with Gasteiger partial charge < -0.3 is 30.2 Å². The standard InChI is InChI=1S/C20H15ClFNO3.C19H12Cl2FNO3.C19H13ClFNO3/c1-12-9-14(22)6-8-18(12)26-19-7-5-13(21)10-17(19)20(25)23-15-3-2-4-16(24)11-15;20-11-4-6-17(26-18-7-5-12(22)9-16(18)21)15(8-11)19(25)23-13-2-1-3-14(24)10-13;20-12-4-9-18(25-16-7-5-13(21)6-8-16)17(10-12)19(24)22-14-2-1-3-15(23)11-14/h2-3,5-11H,4H2,1H3,(H,23,25);1-2,4-10H,3H2,(H,23,25);1-2,4-11H,3H2,(H,22,24). The molecule has 3 amide bonds. The first-order chi connectivity index (χ1) is 36.8. The smallest absolute Gasteiger partial charge is 0.259 e. The average Bonchev–Trinajstić information content (AvgIpc) is 3.38. The monoisotopic (exact) mass is 1120 g/mol. The number of carbonyl (C=O) groups excluding carboxylic acids is 6. The minimum atomic E-state index is -0.508. The molecular weight excluding hydrogens is 1080 g/mol. The van der Waals surface area contributed by atoms with E-state index in [1.165, 1.54) is 97.1 Å². The number of carbonyl (C=O) groups is 6. The fourth-order valence-electron chi connectivity index (χ4n) is 7.03. The number of ketones is 3. The molecule has 390 valence electrons. The zero-order chi connectivity index (χ0) is 55.2. The highest BCUT2D eigenvalue weighted by molar-refractivity contribution is 6.32. The quantitative estimate of drug-likeness (QED) is 0.108. The molecule has 9 rings (SSSR count). The number of nitrogens with one attached hydrogen (secondary N) is 3. The molecule has 0 fully saturated rings. The molecule has 19 heteroatoms. The van der Waals surface area contributed by atoms with Crippen molar-refractivity contribution in [3.8, 4) is 34.5 Å². The number of benzene rings is 6. The van der Waals surface area contributed by atoms with E-state index >= 15 is 0 Å². The van der Waals surface area contributed by atoms with Gasteiger partial charge in [-0.15, -0.1) is 0 Å². The molecule has 3 N–H and O–H groups in total. The molecule has 0 atom stereocenters. The molecule has 3 aliphatic rings. The molecule has 0 saturated carbocycles. The zero-order valence-electron chi connectivity index (χ0n) is 40.1. The Morgan fingerprint density at radius 2 is 0.779 bits per heavy atom. The first-order valence-corrected chi connectivity index (χ1v) is 24.4. The number of allylic oxidation sites excluding steroid dienone is 9. The van der Waals surface area contributed by atoms with Crippen LogP contribution in [0.1, 0.15) is 55.9 Å². The minimum Gasteiger partial charge on any atom is -0.457 e. The third kappa shape index (κ3) is 16.5. The average molecular weight is 1120 g/mol. The Kier molecular flexibility index (Phi) is 19.2. The van der Waals surface area contributed by atoms with Gasteiger partial charge in [0, 0.05) is 69.6 Å². The van der Waals surface area contributed by atoms with Crippen LogP contribution in [0.25, 0.3) is 0 Å². The summed E-state index contributed by atoms with van der Waals surface area (Å²) in [4.78, 5) is 72.1. The molecule has 0 spiro atoms. The van der Waals surface area contributed by atoms with Crippen molar-refractivity contribution in [3.05, 3.63) is 247 Å². The summed E-state index contributed by atoms with van der Waals surface area (Å²) in [6.07, 6.45) is 15.0. The highest BCUT2D eigenvalue weighted by Crippen LogP contribution is 2.34. The van der Waals surface area contributed by atoms with Gasteiger partial charge in [0.2, 0.25) is 0 Å². The molecule has 0 unspecified atom stereocenters. The first kappa shape index (κ1) is 56.3. The SMILES string of the molecule is Cc1cc(F)ccc1Oc1ccc(Cl)cc1C(=O)NC1=CC(=O)CC=C1.O=C1C=C(NC(=O)c2cc(Cl)ccc2Oc2ccc(F)cc2)C=CC1.O=C1C=C(NC(=O)c2cc(Cl)ccc2Oc2ccc(F)cc2Cl)C=CC1. The Balaban J connectivity index is 0.000000168. The van der Waals surface area contributed by atoms with E-state index < -0.39 is 23.5 Å². The molecule has 0 aromatic heterocycles. The Labute approximate surface area is 458 Å². The van der Waals surface area contributed by atoms with Crippen molar-refractivity contribution in [2.45, 2.75) is 26.2 Å². The van der Waals surface area contributed by atoms with Gasteiger partial charge in [-0.05, 0) is 146 Å². The first-order valence-electron chi connectivity index (χ1n) is 22.9. The van der Waals surface area contributed by atoms with Gasteiger partial charge in [-0.25, -0.2) is 13.2 Å². The molecule has 3 aliphatic carbocycles. The molecule has 0 aliphatic heterocycles. The zero-order valence-corrected chi connectivity index (χ0v) is 43.1. The highest BCUT2D eigenvalue weighted by atomic mass is 35.5. The molecule has 6 aromatic carbocycles. The van der Waals surface area contributed by atoms with Crippen molar-refractivity contribution in [2.24, 2.45) is 0 Å². The van der Waals surface area contributed by atoms with Gasteiger partial charge in [0.25, 0.3) is 17.7 Å². The molecule has 77 heavy (non-hydrogen) atoms. The van der Waals surface area contributed by atoms with E-state index in [1.807, 2.05) is 0 Å². The predicted molar refractivity (Wildman–Crippen MR) is 286 cm³/mol. The summed E-state index contributed by atoms with van der Waals surface area (Å²) in [7, 11) is 0. The maximum Gasteiger partial charge on any atom is 0.259 e. The third-order valence-electron chi connectivity index (χ3n) is 10.6. The van der Waals surface area contributed by atoms with Crippen LogP contribution in [0.4, 0.5) is 13.2 Å². The summed E-state index contributed by atoms with van der Waals surface area (Å²) in [5.41, 5.74) is 2.30.